The van der Waals surface area contributed by atoms with Gasteiger partial charge < -0.3 is 19.3 Å². The Bertz CT molecular complexity index is 469. The normalized spacial score (nSPS) is 25.8. The molecule has 1 spiro atoms. The van der Waals surface area contributed by atoms with Gasteiger partial charge in [-0.3, -0.25) is 4.90 Å². The first-order valence-electron chi connectivity index (χ1n) is 10.3. The van der Waals surface area contributed by atoms with Crippen molar-refractivity contribution < 1.29 is 14.3 Å². The van der Waals surface area contributed by atoms with Crippen molar-refractivity contribution in [3.05, 3.63) is 0 Å². The molecule has 26 heavy (non-hydrogen) atoms. The van der Waals surface area contributed by atoms with Gasteiger partial charge in [-0.2, -0.15) is 0 Å². The Labute approximate surface area is 158 Å². The molecule has 0 aromatic heterocycles. The fraction of sp³-hybridized carbons (Fsp3) is 0.950. The van der Waals surface area contributed by atoms with Gasteiger partial charge >= 0.3 is 6.09 Å². The maximum absolute atomic E-state index is 12.3. The molecule has 1 atom stereocenters. The summed E-state index contributed by atoms with van der Waals surface area (Å²) in [7, 11) is 0. The third kappa shape index (κ3) is 4.70. The molecule has 150 valence electrons. The average molecular weight is 368 g/mol. The number of amides is 1. The van der Waals surface area contributed by atoms with E-state index in [1.807, 2.05) is 4.90 Å². The van der Waals surface area contributed by atoms with E-state index in [0.717, 1.165) is 58.9 Å². The summed E-state index contributed by atoms with van der Waals surface area (Å²) >= 11 is 0. The summed E-state index contributed by atoms with van der Waals surface area (Å²) in [6, 6.07) is 0.471. The molecule has 0 aliphatic carbocycles. The number of carbonyl (C=O) groups is 1. The van der Waals surface area contributed by atoms with Gasteiger partial charge in [-0.1, -0.05) is 0 Å². The molecule has 0 N–H and O–H groups in total. The van der Waals surface area contributed by atoms with E-state index in [1.54, 1.807) is 0 Å². The van der Waals surface area contributed by atoms with Crippen LogP contribution in [0.1, 0.15) is 47.0 Å². The molecule has 0 aromatic rings. The van der Waals surface area contributed by atoms with Crippen LogP contribution < -0.4 is 0 Å². The van der Waals surface area contributed by atoms with Crippen LogP contribution in [0.4, 0.5) is 4.79 Å². The van der Waals surface area contributed by atoms with Crippen LogP contribution >= 0.6 is 0 Å². The standard InChI is InChI=1S/C20H37N3O3/c1-17(21-8-6-20(7-9-21)15-25-16-20)5-14-26-18(24)22-10-12-23(13-11-22)19(2,3)4/h17H,5-16H2,1-4H3. The molecule has 3 heterocycles. The summed E-state index contributed by atoms with van der Waals surface area (Å²) in [5.74, 6) is 0. The lowest BCUT2D eigenvalue weighted by atomic mass is 9.76. The molecule has 1 unspecified atom stereocenters. The molecular weight excluding hydrogens is 330 g/mol. The molecular formula is C20H37N3O3. The van der Waals surface area contributed by atoms with Gasteiger partial charge in [-0.15, -0.1) is 0 Å². The van der Waals surface area contributed by atoms with Crippen molar-refractivity contribution in [3.63, 3.8) is 0 Å². The molecule has 3 fully saturated rings. The Morgan fingerprint density at radius 2 is 1.69 bits per heavy atom. The number of piperazine rings is 1. The Morgan fingerprint density at radius 3 is 2.19 bits per heavy atom. The maximum Gasteiger partial charge on any atom is 0.409 e. The van der Waals surface area contributed by atoms with Crippen LogP contribution in [0.25, 0.3) is 0 Å². The third-order valence-electron chi connectivity index (χ3n) is 6.55. The molecule has 6 heteroatoms. The van der Waals surface area contributed by atoms with Crippen LogP contribution in [0.5, 0.6) is 0 Å². The highest BCUT2D eigenvalue weighted by molar-refractivity contribution is 5.67. The molecule has 0 radical (unpaired) electrons. The van der Waals surface area contributed by atoms with Gasteiger partial charge in [0.05, 0.1) is 19.8 Å². The summed E-state index contributed by atoms with van der Waals surface area (Å²) in [5.41, 5.74) is 0.655. The quantitative estimate of drug-likeness (QED) is 0.764. The van der Waals surface area contributed by atoms with Crippen molar-refractivity contribution in [1.29, 1.82) is 0 Å². The Kier molecular flexibility index (Phi) is 6.14. The van der Waals surface area contributed by atoms with E-state index in [4.69, 9.17) is 9.47 Å². The molecule has 3 aliphatic heterocycles. The molecule has 0 aromatic carbocycles. The first-order chi connectivity index (χ1) is 12.3. The van der Waals surface area contributed by atoms with Crippen LogP contribution in [0.15, 0.2) is 0 Å². The SMILES string of the molecule is CC(CCOC(=O)N1CCN(C(C)(C)C)CC1)N1CCC2(CC1)COC2. The predicted octanol–water partition coefficient (Wildman–Crippen LogP) is 2.43. The van der Waals surface area contributed by atoms with Crippen molar-refractivity contribution in [2.75, 3.05) is 59.1 Å². The number of likely N-dealkylation sites (tertiary alicyclic amines) is 1. The summed E-state index contributed by atoms with van der Waals surface area (Å²) in [5, 5.41) is 0. The third-order valence-corrected chi connectivity index (χ3v) is 6.55. The fourth-order valence-electron chi connectivity index (χ4n) is 4.27. The highest BCUT2D eigenvalue weighted by atomic mass is 16.6. The lowest BCUT2D eigenvalue weighted by Gasteiger charge is -2.48. The molecule has 3 saturated heterocycles. The van der Waals surface area contributed by atoms with Crippen LogP contribution in [-0.4, -0.2) is 91.5 Å². The van der Waals surface area contributed by atoms with Crippen molar-refractivity contribution >= 4 is 6.09 Å². The minimum Gasteiger partial charge on any atom is -0.449 e. The number of hydrogen-bond acceptors (Lipinski definition) is 5. The number of carbonyl (C=O) groups excluding carboxylic acids is 1. The minimum atomic E-state index is -0.144. The zero-order chi connectivity index (χ0) is 18.8. The first kappa shape index (κ1) is 19.9. The molecule has 0 saturated carbocycles. The monoisotopic (exact) mass is 367 g/mol. The summed E-state index contributed by atoms with van der Waals surface area (Å²) in [6.07, 6.45) is 3.26. The Balaban J connectivity index is 1.31. The zero-order valence-corrected chi connectivity index (χ0v) is 17.1. The molecule has 1 amide bonds. The van der Waals surface area contributed by atoms with Gasteiger partial charge in [0.25, 0.3) is 0 Å². The van der Waals surface area contributed by atoms with E-state index < -0.39 is 0 Å². The van der Waals surface area contributed by atoms with Crippen LogP contribution in [0.2, 0.25) is 0 Å². The van der Waals surface area contributed by atoms with E-state index in [9.17, 15) is 4.79 Å². The zero-order valence-electron chi connectivity index (χ0n) is 17.1. The van der Waals surface area contributed by atoms with E-state index in [2.05, 4.69) is 37.5 Å². The molecule has 0 bridgehead atoms. The number of piperidine rings is 1. The number of hydrogen-bond donors (Lipinski definition) is 0. The maximum atomic E-state index is 12.3. The first-order valence-corrected chi connectivity index (χ1v) is 10.3. The fourth-order valence-corrected chi connectivity index (χ4v) is 4.27. The van der Waals surface area contributed by atoms with Crippen molar-refractivity contribution in [2.24, 2.45) is 5.41 Å². The van der Waals surface area contributed by atoms with Crippen LogP contribution in [0.3, 0.4) is 0 Å². The highest BCUT2D eigenvalue weighted by Crippen LogP contribution is 2.38. The molecule has 3 rings (SSSR count). The van der Waals surface area contributed by atoms with Crippen molar-refractivity contribution in [3.8, 4) is 0 Å². The lowest BCUT2D eigenvalue weighted by Crippen LogP contribution is -2.54. The number of nitrogens with zero attached hydrogens (tertiary/aromatic N) is 3. The number of rotatable bonds is 4. The average Bonchev–Trinajstić information content (AvgIpc) is 2.59. The van der Waals surface area contributed by atoms with Gasteiger partial charge in [0.1, 0.15) is 0 Å². The number of ether oxygens (including phenoxy) is 2. The second-order valence-electron chi connectivity index (χ2n) is 9.43. The van der Waals surface area contributed by atoms with Gasteiger partial charge in [0.15, 0.2) is 0 Å². The second kappa shape index (κ2) is 8.03. The van der Waals surface area contributed by atoms with E-state index in [0.29, 0.717) is 18.1 Å². The molecule has 6 nitrogen and oxygen atoms in total. The summed E-state index contributed by atoms with van der Waals surface area (Å²) in [6.45, 7) is 17.0. The van der Waals surface area contributed by atoms with Gasteiger partial charge in [-0.25, -0.2) is 4.79 Å². The lowest BCUT2D eigenvalue weighted by molar-refractivity contribution is -0.142. The largest absolute Gasteiger partial charge is 0.449 e. The van der Waals surface area contributed by atoms with Gasteiger partial charge in [-0.05, 0) is 60.0 Å². The van der Waals surface area contributed by atoms with Crippen molar-refractivity contribution in [1.82, 2.24) is 14.7 Å². The van der Waals surface area contributed by atoms with E-state index in [1.165, 1.54) is 12.8 Å². The second-order valence-corrected chi connectivity index (χ2v) is 9.43. The van der Waals surface area contributed by atoms with Crippen molar-refractivity contribution in [2.45, 2.75) is 58.5 Å². The van der Waals surface area contributed by atoms with Gasteiger partial charge in [0, 0.05) is 43.2 Å². The van der Waals surface area contributed by atoms with Gasteiger partial charge in [0.2, 0.25) is 0 Å². The van der Waals surface area contributed by atoms with E-state index >= 15 is 0 Å². The summed E-state index contributed by atoms with van der Waals surface area (Å²) in [4.78, 5) is 19.1. The molecule has 3 aliphatic rings. The van der Waals surface area contributed by atoms with E-state index in [-0.39, 0.29) is 11.6 Å². The van der Waals surface area contributed by atoms with Crippen LogP contribution in [-0.2, 0) is 9.47 Å². The predicted molar refractivity (Wildman–Crippen MR) is 102 cm³/mol. The smallest absolute Gasteiger partial charge is 0.409 e. The topological polar surface area (TPSA) is 45.2 Å². The minimum absolute atomic E-state index is 0.144. The highest BCUT2D eigenvalue weighted by Gasteiger charge is 2.41. The van der Waals surface area contributed by atoms with Crippen LogP contribution in [0, 0.1) is 5.41 Å². The summed E-state index contributed by atoms with van der Waals surface area (Å²) < 4.78 is 11.0. The Hall–Kier alpha value is -0.850. The Morgan fingerprint density at radius 1 is 1.08 bits per heavy atom.